The van der Waals surface area contributed by atoms with Crippen LogP contribution >= 0.6 is 11.3 Å². The molecule has 0 atom stereocenters. The molecule has 0 unspecified atom stereocenters. The van der Waals surface area contributed by atoms with E-state index in [1.165, 1.54) is 0 Å². The monoisotopic (exact) mass is 322 g/mol. The number of hydrogen-bond donors (Lipinski definition) is 1. The van der Waals surface area contributed by atoms with Crippen LogP contribution in [0.2, 0.25) is 0 Å². The molecule has 23 heavy (non-hydrogen) atoms. The van der Waals surface area contributed by atoms with Gasteiger partial charge in [-0.3, -0.25) is 9.59 Å². The zero-order valence-electron chi connectivity index (χ0n) is 12.2. The lowest BCUT2D eigenvalue weighted by Crippen LogP contribution is -2.12. The Morgan fingerprint density at radius 2 is 1.83 bits per heavy atom. The number of rotatable bonds is 4. The van der Waals surface area contributed by atoms with Gasteiger partial charge < -0.3 is 5.32 Å². The molecule has 1 aromatic heterocycles. The number of carbonyl (C=O) groups excluding carboxylic acids is 1. The summed E-state index contributed by atoms with van der Waals surface area (Å²) in [5.74, 6) is -0.199. The van der Waals surface area contributed by atoms with Gasteiger partial charge in [0.1, 0.15) is 0 Å². The van der Waals surface area contributed by atoms with Crippen molar-refractivity contribution in [2.24, 2.45) is 0 Å². The Kier molecular flexibility index (Phi) is 4.59. The molecule has 0 aliphatic heterocycles. The maximum atomic E-state index is 12.0. The van der Waals surface area contributed by atoms with E-state index in [0.29, 0.717) is 16.0 Å². The molecule has 1 amide bonds. The Morgan fingerprint density at radius 1 is 1.09 bits per heavy atom. The highest BCUT2D eigenvalue weighted by atomic mass is 32.1. The average Bonchev–Trinajstić information content (AvgIpc) is 2.56. The molecule has 1 N–H and O–H groups in total. The standard InChI is InChI=1S/C18H14N2O2S/c21-16(12-6-9-13-7-2-1-3-8-13)20-18-19-15-11-5-4-10-14(15)17(22)23-18/h1-11H,12H2,(H,19,20,21)/b9-6+. The van der Waals surface area contributed by atoms with Gasteiger partial charge in [-0.05, 0) is 17.7 Å². The molecule has 0 aliphatic rings. The highest BCUT2D eigenvalue weighted by Gasteiger charge is 2.06. The van der Waals surface area contributed by atoms with Gasteiger partial charge in [-0.15, -0.1) is 0 Å². The molecule has 0 saturated heterocycles. The molecule has 3 rings (SSSR count). The molecule has 0 bridgehead atoms. The number of amides is 1. The van der Waals surface area contributed by atoms with Gasteiger partial charge in [0.25, 0.3) is 0 Å². The Morgan fingerprint density at radius 3 is 2.65 bits per heavy atom. The van der Waals surface area contributed by atoms with Crippen LogP contribution in [0.15, 0.2) is 65.5 Å². The van der Waals surface area contributed by atoms with Crippen molar-refractivity contribution in [2.45, 2.75) is 6.42 Å². The Labute approximate surface area is 137 Å². The number of hydrogen-bond acceptors (Lipinski definition) is 4. The fourth-order valence-corrected chi connectivity index (χ4v) is 2.88. The molecule has 0 aliphatic carbocycles. The van der Waals surface area contributed by atoms with Gasteiger partial charge in [0.05, 0.1) is 10.9 Å². The van der Waals surface area contributed by atoms with Crippen LogP contribution < -0.4 is 10.1 Å². The van der Waals surface area contributed by atoms with Crippen LogP contribution in [-0.4, -0.2) is 10.9 Å². The first kappa shape index (κ1) is 15.1. The third-order valence-corrected chi connectivity index (χ3v) is 3.99. The fraction of sp³-hybridized carbons (Fsp3) is 0.0556. The van der Waals surface area contributed by atoms with Crippen LogP contribution in [0.4, 0.5) is 5.13 Å². The van der Waals surface area contributed by atoms with Crippen molar-refractivity contribution >= 4 is 39.4 Å². The molecule has 0 radical (unpaired) electrons. The zero-order valence-corrected chi connectivity index (χ0v) is 13.0. The lowest BCUT2D eigenvalue weighted by Gasteiger charge is -2.02. The molecular formula is C18H14N2O2S. The van der Waals surface area contributed by atoms with Gasteiger partial charge in [-0.2, -0.15) is 0 Å². The third kappa shape index (κ3) is 3.90. The Balaban J connectivity index is 1.68. The lowest BCUT2D eigenvalue weighted by molar-refractivity contribution is -0.115. The normalized spacial score (nSPS) is 11.0. The van der Waals surface area contributed by atoms with E-state index in [9.17, 15) is 9.59 Å². The van der Waals surface area contributed by atoms with Gasteiger partial charge in [0, 0.05) is 6.42 Å². The summed E-state index contributed by atoms with van der Waals surface area (Å²) in [4.78, 5) is 28.3. The minimum atomic E-state index is -0.199. The summed E-state index contributed by atoms with van der Waals surface area (Å²) in [7, 11) is 0. The van der Waals surface area contributed by atoms with Crippen LogP contribution in [0.1, 0.15) is 12.0 Å². The van der Waals surface area contributed by atoms with E-state index in [2.05, 4.69) is 10.3 Å². The van der Waals surface area contributed by atoms with Crippen LogP contribution in [0.3, 0.4) is 0 Å². The summed E-state index contributed by atoms with van der Waals surface area (Å²) in [6.45, 7) is 0. The molecule has 5 heteroatoms. The second-order valence-corrected chi connectivity index (χ2v) is 5.85. The molecule has 1 heterocycles. The number of nitrogens with one attached hydrogen (secondary N) is 1. The second kappa shape index (κ2) is 6.98. The molecule has 3 aromatic rings. The summed E-state index contributed by atoms with van der Waals surface area (Å²) < 4.78 is -0.106. The highest BCUT2D eigenvalue weighted by molar-refractivity contribution is 7.13. The summed E-state index contributed by atoms with van der Waals surface area (Å²) >= 11 is 0.942. The molecule has 0 saturated carbocycles. The van der Waals surface area contributed by atoms with E-state index < -0.39 is 0 Å². The number of aromatic nitrogens is 1. The summed E-state index contributed by atoms with van der Waals surface area (Å²) in [5, 5.41) is 3.57. The smallest absolute Gasteiger partial charge is 0.245 e. The van der Waals surface area contributed by atoms with Gasteiger partial charge >= 0.3 is 0 Å². The van der Waals surface area contributed by atoms with E-state index in [1.807, 2.05) is 42.5 Å². The van der Waals surface area contributed by atoms with Crippen molar-refractivity contribution in [3.63, 3.8) is 0 Å². The van der Waals surface area contributed by atoms with E-state index >= 15 is 0 Å². The summed E-state index contributed by atoms with van der Waals surface area (Å²) in [6, 6.07) is 16.8. The number of carbonyl (C=O) groups is 1. The SMILES string of the molecule is O=C(C/C=C/c1ccccc1)Nc1nc2ccccc2c(=O)s1. The molecule has 4 nitrogen and oxygen atoms in total. The van der Waals surface area contributed by atoms with Crippen molar-refractivity contribution in [3.05, 3.63) is 75.8 Å². The van der Waals surface area contributed by atoms with Gasteiger partial charge in [-0.25, -0.2) is 4.98 Å². The van der Waals surface area contributed by atoms with E-state index in [4.69, 9.17) is 0 Å². The van der Waals surface area contributed by atoms with Gasteiger partial charge in [0.15, 0.2) is 5.13 Å². The second-order valence-electron chi connectivity index (χ2n) is 4.89. The van der Waals surface area contributed by atoms with E-state index in [-0.39, 0.29) is 17.1 Å². The van der Waals surface area contributed by atoms with E-state index in [1.54, 1.807) is 24.3 Å². The maximum absolute atomic E-state index is 12.0. The third-order valence-electron chi connectivity index (χ3n) is 3.19. The number of nitrogens with zero attached hydrogens (tertiary/aromatic N) is 1. The van der Waals surface area contributed by atoms with Crippen molar-refractivity contribution < 1.29 is 4.79 Å². The van der Waals surface area contributed by atoms with Crippen molar-refractivity contribution in [2.75, 3.05) is 5.32 Å². The topological polar surface area (TPSA) is 59.1 Å². The van der Waals surface area contributed by atoms with Gasteiger partial charge in [0.2, 0.25) is 10.6 Å². The highest BCUT2D eigenvalue weighted by Crippen LogP contribution is 2.14. The predicted molar refractivity (Wildman–Crippen MR) is 94.6 cm³/mol. The minimum Gasteiger partial charge on any atom is -0.302 e. The quantitative estimate of drug-likeness (QED) is 0.797. The first-order chi connectivity index (χ1) is 11.2. The summed E-state index contributed by atoms with van der Waals surface area (Å²) in [6.07, 6.45) is 3.90. The average molecular weight is 322 g/mol. The predicted octanol–water partition coefficient (Wildman–Crippen LogP) is 3.70. The number of fused-ring (bicyclic) bond motifs is 1. The Bertz CT molecular complexity index is 917. The van der Waals surface area contributed by atoms with Crippen LogP contribution in [-0.2, 0) is 4.79 Å². The number of anilines is 1. The molecule has 114 valence electrons. The van der Waals surface area contributed by atoms with E-state index in [0.717, 1.165) is 16.9 Å². The first-order valence-electron chi connectivity index (χ1n) is 7.14. The number of benzene rings is 2. The molecule has 0 spiro atoms. The maximum Gasteiger partial charge on any atom is 0.245 e. The lowest BCUT2D eigenvalue weighted by atomic mass is 10.2. The molecular weight excluding hydrogens is 308 g/mol. The summed E-state index contributed by atoms with van der Waals surface area (Å²) in [5.41, 5.74) is 1.63. The van der Waals surface area contributed by atoms with Crippen molar-refractivity contribution in [3.8, 4) is 0 Å². The fourth-order valence-electron chi connectivity index (χ4n) is 2.11. The number of para-hydroxylation sites is 1. The zero-order chi connectivity index (χ0) is 16.1. The largest absolute Gasteiger partial charge is 0.302 e. The molecule has 2 aromatic carbocycles. The Hall–Kier alpha value is -2.79. The van der Waals surface area contributed by atoms with Crippen LogP contribution in [0, 0.1) is 0 Å². The van der Waals surface area contributed by atoms with Crippen molar-refractivity contribution in [1.29, 1.82) is 0 Å². The van der Waals surface area contributed by atoms with Crippen molar-refractivity contribution in [1.82, 2.24) is 4.98 Å². The van der Waals surface area contributed by atoms with Crippen LogP contribution in [0.5, 0.6) is 0 Å². The minimum absolute atomic E-state index is 0.106. The van der Waals surface area contributed by atoms with Crippen LogP contribution in [0.25, 0.3) is 17.0 Å². The molecule has 0 fully saturated rings. The van der Waals surface area contributed by atoms with Gasteiger partial charge in [-0.1, -0.05) is 66.0 Å². The first-order valence-corrected chi connectivity index (χ1v) is 7.95.